The molecule has 90 valence electrons. The van der Waals surface area contributed by atoms with E-state index in [1.54, 1.807) is 6.07 Å². The van der Waals surface area contributed by atoms with Crippen LogP contribution in [-0.2, 0) is 13.8 Å². The Bertz CT molecular complexity index is 599. The average Bonchev–Trinajstić information content (AvgIpc) is 2.56. The van der Waals surface area contributed by atoms with Crippen LogP contribution >= 0.6 is 10.7 Å². The Kier molecular flexibility index (Phi) is 2.80. The number of rotatable bonds is 2. The second-order valence-electron chi connectivity index (χ2n) is 3.37. The fraction of sp³-hybridized carbons (Fsp3) is 0.111. The lowest BCUT2D eigenvalue weighted by Crippen LogP contribution is -2.22. The molecule has 1 aromatic rings. The number of carbonyl (C=O) groups excluding carboxylic acids is 2. The maximum atomic E-state index is 11.4. The highest BCUT2D eigenvalue weighted by Gasteiger charge is 2.34. The van der Waals surface area contributed by atoms with Gasteiger partial charge in [0.15, 0.2) is 0 Å². The van der Waals surface area contributed by atoms with Crippen molar-refractivity contribution in [2.45, 2.75) is 10.9 Å². The van der Waals surface area contributed by atoms with Gasteiger partial charge in [-0.25, -0.2) is 13.2 Å². The zero-order valence-corrected chi connectivity index (χ0v) is 9.88. The first kappa shape index (κ1) is 11.9. The Morgan fingerprint density at radius 3 is 2.35 bits per heavy atom. The minimum Gasteiger partial charge on any atom is -0.322 e. The van der Waals surface area contributed by atoms with Gasteiger partial charge in [-0.1, -0.05) is 18.2 Å². The highest BCUT2D eigenvalue weighted by atomic mass is 35.7. The summed E-state index contributed by atoms with van der Waals surface area (Å²) in [4.78, 5) is 22.2. The fourth-order valence-electron chi connectivity index (χ4n) is 1.58. The first-order chi connectivity index (χ1) is 7.89. The van der Waals surface area contributed by atoms with E-state index in [0.717, 1.165) is 0 Å². The largest absolute Gasteiger partial charge is 0.322 e. The van der Waals surface area contributed by atoms with Gasteiger partial charge >= 0.3 is 6.03 Å². The monoisotopic (exact) mass is 274 g/mol. The minimum atomic E-state index is -3.97. The zero-order chi connectivity index (χ0) is 12.6. The lowest BCUT2D eigenvalue weighted by Gasteiger charge is -2.10. The molecule has 1 aliphatic heterocycles. The van der Waals surface area contributed by atoms with E-state index >= 15 is 0 Å². The molecule has 1 aliphatic rings. The van der Waals surface area contributed by atoms with E-state index in [0.29, 0.717) is 0 Å². The molecule has 2 rings (SSSR count). The van der Waals surface area contributed by atoms with Crippen LogP contribution in [0.4, 0.5) is 4.79 Å². The van der Waals surface area contributed by atoms with Gasteiger partial charge in [-0.3, -0.25) is 10.1 Å². The topological polar surface area (TPSA) is 92.3 Å². The van der Waals surface area contributed by atoms with Crippen molar-refractivity contribution < 1.29 is 18.0 Å². The average molecular weight is 275 g/mol. The second kappa shape index (κ2) is 4.01. The molecule has 17 heavy (non-hydrogen) atoms. The van der Waals surface area contributed by atoms with Gasteiger partial charge in [0.2, 0.25) is 0 Å². The molecule has 2 N–H and O–H groups in total. The maximum Gasteiger partial charge on any atom is 0.322 e. The van der Waals surface area contributed by atoms with Crippen molar-refractivity contribution >= 4 is 31.7 Å². The van der Waals surface area contributed by atoms with E-state index in [1.807, 2.05) is 5.32 Å². The predicted molar refractivity (Wildman–Crippen MR) is 58.9 cm³/mol. The molecule has 1 saturated heterocycles. The lowest BCUT2D eigenvalue weighted by molar-refractivity contribution is -0.120. The van der Waals surface area contributed by atoms with Crippen molar-refractivity contribution in [3.63, 3.8) is 0 Å². The summed E-state index contributed by atoms with van der Waals surface area (Å²) in [6.07, 6.45) is 0. The molecule has 3 amide bonds. The molecule has 1 atom stereocenters. The van der Waals surface area contributed by atoms with E-state index in [-0.39, 0.29) is 10.5 Å². The molecule has 0 aliphatic carbocycles. The molecule has 1 fully saturated rings. The smallest absolute Gasteiger partial charge is 0.322 e. The van der Waals surface area contributed by atoms with E-state index < -0.39 is 27.0 Å². The molecule has 0 spiro atoms. The van der Waals surface area contributed by atoms with Crippen molar-refractivity contribution in [1.82, 2.24) is 10.6 Å². The van der Waals surface area contributed by atoms with Gasteiger partial charge in [0.05, 0.1) is 4.90 Å². The van der Waals surface area contributed by atoms with Crippen molar-refractivity contribution in [3.8, 4) is 0 Å². The van der Waals surface area contributed by atoms with E-state index in [1.165, 1.54) is 18.2 Å². The zero-order valence-electron chi connectivity index (χ0n) is 8.31. The molecule has 0 radical (unpaired) electrons. The minimum absolute atomic E-state index is 0.144. The van der Waals surface area contributed by atoms with Crippen LogP contribution in [-0.4, -0.2) is 20.4 Å². The van der Waals surface area contributed by atoms with Gasteiger partial charge in [-0.2, -0.15) is 0 Å². The number of imide groups is 1. The summed E-state index contributed by atoms with van der Waals surface area (Å²) in [7, 11) is 1.28. The number of benzene rings is 1. The molecule has 0 aromatic heterocycles. The first-order valence-electron chi connectivity index (χ1n) is 4.54. The lowest BCUT2D eigenvalue weighted by atomic mass is 10.1. The third-order valence-electron chi connectivity index (χ3n) is 2.27. The molecular formula is C9H7ClN2O4S. The third-order valence-corrected chi connectivity index (χ3v) is 3.66. The van der Waals surface area contributed by atoms with E-state index in [2.05, 4.69) is 5.32 Å². The first-order valence-corrected chi connectivity index (χ1v) is 6.85. The molecule has 1 unspecified atom stereocenters. The summed E-state index contributed by atoms with van der Waals surface area (Å²) < 4.78 is 22.6. The quantitative estimate of drug-likeness (QED) is 0.606. The van der Waals surface area contributed by atoms with Gasteiger partial charge in [-0.15, -0.1) is 0 Å². The summed E-state index contributed by atoms with van der Waals surface area (Å²) in [6.45, 7) is 0. The Hall–Kier alpha value is -1.60. The Morgan fingerprint density at radius 2 is 1.82 bits per heavy atom. The van der Waals surface area contributed by atoms with Crippen LogP contribution in [0.1, 0.15) is 11.6 Å². The molecule has 0 saturated carbocycles. The molecule has 1 heterocycles. The molecule has 8 heteroatoms. The van der Waals surface area contributed by atoms with Gasteiger partial charge < -0.3 is 5.32 Å². The number of nitrogens with one attached hydrogen (secondary N) is 2. The van der Waals surface area contributed by atoms with Crippen LogP contribution in [0.2, 0.25) is 0 Å². The summed E-state index contributed by atoms with van der Waals surface area (Å²) in [5, 5.41) is 4.33. The van der Waals surface area contributed by atoms with E-state index in [9.17, 15) is 18.0 Å². The Labute approximate surface area is 101 Å². The van der Waals surface area contributed by atoms with Crippen molar-refractivity contribution in [3.05, 3.63) is 29.8 Å². The van der Waals surface area contributed by atoms with Gasteiger partial charge in [-0.05, 0) is 6.07 Å². The third kappa shape index (κ3) is 2.25. The van der Waals surface area contributed by atoms with Gasteiger partial charge in [0.25, 0.3) is 15.0 Å². The highest BCUT2D eigenvalue weighted by molar-refractivity contribution is 8.13. The van der Waals surface area contributed by atoms with Crippen molar-refractivity contribution in [2.75, 3.05) is 0 Å². The number of hydrogen-bond donors (Lipinski definition) is 2. The Balaban J connectivity index is 2.54. The second-order valence-corrected chi connectivity index (χ2v) is 5.91. The molecular weight excluding hydrogens is 268 g/mol. The van der Waals surface area contributed by atoms with Crippen molar-refractivity contribution in [1.29, 1.82) is 0 Å². The molecule has 1 aromatic carbocycles. The summed E-state index contributed by atoms with van der Waals surface area (Å²) in [5.41, 5.74) is 0.144. The normalized spacial score (nSPS) is 19.9. The van der Waals surface area contributed by atoms with Crippen LogP contribution < -0.4 is 10.6 Å². The van der Waals surface area contributed by atoms with Gasteiger partial charge in [0.1, 0.15) is 6.04 Å². The number of hydrogen-bond acceptors (Lipinski definition) is 4. The predicted octanol–water partition coefficient (Wildman–Crippen LogP) is 0.495. The number of halogens is 1. The summed E-state index contributed by atoms with van der Waals surface area (Å²) in [5.74, 6) is -0.609. The Morgan fingerprint density at radius 1 is 1.18 bits per heavy atom. The number of amides is 3. The fourth-order valence-corrected chi connectivity index (χ4v) is 2.71. The standard InChI is InChI=1S/C9H7ClN2O4S/c10-17(15,16)6-4-2-1-3-5(6)7-8(13)12-9(14)11-7/h1-4,7H,(H2,11,12,13,14). The van der Waals surface area contributed by atoms with Crippen LogP contribution in [0.5, 0.6) is 0 Å². The van der Waals surface area contributed by atoms with Crippen molar-refractivity contribution in [2.24, 2.45) is 0 Å². The van der Waals surface area contributed by atoms with Crippen LogP contribution in [0.3, 0.4) is 0 Å². The van der Waals surface area contributed by atoms with Crippen LogP contribution in [0.15, 0.2) is 29.2 Å². The SMILES string of the molecule is O=C1NC(=O)C(c2ccccc2S(=O)(=O)Cl)N1. The number of urea groups is 1. The van der Waals surface area contributed by atoms with Crippen LogP contribution in [0.25, 0.3) is 0 Å². The van der Waals surface area contributed by atoms with E-state index in [4.69, 9.17) is 10.7 Å². The van der Waals surface area contributed by atoms with Crippen LogP contribution in [0, 0.1) is 0 Å². The molecule has 6 nitrogen and oxygen atoms in total. The summed E-state index contributed by atoms with van der Waals surface area (Å²) >= 11 is 0. The summed E-state index contributed by atoms with van der Waals surface area (Å²) in [6, 6.07) is 4.03. The molecule has 0 bridgehead atoms. The van der Waals surface area contributed by atoms with Gasteiger partial charge in [0, 0.05) is 16.2 Å². The highest BCUT2D eigenvalue weighted by Crippen LogP contribution is 2.26. The number of carbonyl (C=O) groups is 2. The maximum absolute atomic E-state index is 11.4.